The number of carbonyl (C=O) groups excluding carboxylic acids is 2. The second-order valence-corrected chi connectivity index (χ2v) is 4.08. The van der Waals surface area contributed by atoms with Crippen LogP contribution in [0.15, 0.2) is 24.3 Å². The maximum Gasteiger partial charge on any atom is 0.306 e. The van der Waals surface area contributed by atoms with Crippen LogP contribution in [0.2, 0.25) is 0 Å². The Bertz CT molecular complexity index is 501. The number of amides is 1. The van der Waals surface area contributed by atoms with E-state index in [9.17, 15) is 19.7 Å². The van der Waals surface area contributed by atoms with Crippen LogP contribution in [0.1, 0.15) is 26.2 Å². The number of hydrogen-bond acceptors (Lipinski definition) is 5. The molecule has 0 radical (unpaired) electrons. The number of non-ortho nitro benzene ring substituents is 1. The van der Waals surface area contributed by atoms with Crippen LogP contribution in [0.25, 0.3) is 0 Å². The molecule has 0 saturated carbocycles. The van der Waals surface area contributed by atoms with Gasteiger partial charge in [-0.2, -0.15) is 0 Å². The van der Waals surface area contributed by atoms with Gasteiger partial charge in [-0.25, -0.2) is 0 Å². The second kappa shape index (κ2) is 7.88. The van der Waals surface area contributed by atoms with Crippen molar-refractivity contribution < 1.29 is 19.2 Å². The predicted octanol–water partition coefficient (Wildman–Crippen LogP) is 2.27. The molecule has 7 heteroatoms. The molecule has 0 aliphatic rings. The zero-order valence-electron chi connectivity index (χ0n) is 11.1. The smallest absolute Gasteiger partial charge is 0.306 e. The molecule has 0 atom stereocenters. The van der Waals surface area contributed by atoms with Crippen molar-refractivity contribution in [1.29, 1.82) is 0 Å². The van der Waals surface area contributed by atoms with Crippen LogP contribution in [0.4, 0.5) is 11.4 Å². The fourth-order valence-electron chi connectivity index (χ4n) is 1.42. The third kappa shape index (κ3) is 5.47. The van der Waals surface area contributed by atoms with Gasteiger partial charge in [-0.15, -0.1) is 0 Å². The van der Waals surface area contributed by atoms with Gasteiger partial charge in [-0.05, 0) is 12.5 Å². The van der Waals surface area contributed by atoms with Gasteiger partial charge in [0.2, 0.25) is 5.91 Å². The van der Waals surface area contributed by atoms with Gasteiger partial charge in [0, 0.05) is 24.2 Å². The highest BCUT2D eigenvalue weighted by atomic mass is 16.6. The Balaban J connectivity index is 2.44. The van der Waals surface area contributed by atoms with Gasteiger partial charge < -0.3 is 10.1 Å². The summed E-state index contributed by atoms with van der Waals surface area (Å²) in [6.45, 7) is 2.22. The maximum atomic E-state index is 11.6. The zero-order chi connectivity index (χ0) is 15.0. The summed E-state index contributed by atoms with van der Waals surface area (Å²) < 4.78 is 4.83. The molecule has 0 heterocycles. The van der Waals surface area contributed by atoms with Crippen LogP contribution in [0, 0.1) is 10.1 Å². The first-order chi connectivity index (χ1) is 9.52. The van der Waals surface area contributed by atoms with Crippen molar-refractivity contribution in [3.8, 4) is 0 Å². The number of carbonyl (C=O) groups is 2. The molecule has 0 spiro atoms. The molecule has 7 nitrogen and oxygen atoms in total. The summed E-state index contributed by atoms with van der Waals surface area (Å²) in [6.07, 6.45) is 0.692. The van der Waals surface area contributed by atoms with Gasteiger partial charge in [-0.3, -0.25) is 19.7 Å². The number of nitro benzene ring substituents is 1. The van der Waals surface area contributed by atoms with E-state index < -0.39 is 10.9 Å². The molecule has 0 aliphatic heterocycles. The summed E-state index contributed by atoms with van der Waals surface area (Å²) in [5.74, 6) is -0.819. The molecule has 0 bridgehead atoms. The number of nitrogens with zero attached hydrogens (tertiary/aromatic N) is 1. The van der Waals surface area contributed by atoms with Crippen molar-refractivity contribution in [2.24, 2.45) is 0 Å². The van der Waals surface area contributed by atoms with Crippen molar-refractivity contribution in [3.63, 3.8) is 0 Å². The minimum absolute atomic E-state index is 0.0131. The van der Waals surface area contributed by atoms with Crippen molar-refractivity contribution >= 4 is 23.3 Å². The van der Waals surface area contributed by atoms with E-state index in [1.165, 1.54) is 18.2 Å². The SMILES string of the molecule is CCCOC(=O)CCC(=O)Nc1cccc([N+](=O)[O-])c1. The average Bonchev–Trinajstić information content (AvgIpc) is 2.43. The lowest BCUT2D eigenvalue weighted by molar-refractivity contribution is -0.384. The number of nitrogens with one attached hydrogen (secondary N) is 1. The number of nitro groups is 1. The number of esters is 1. The van der Waals surface area contributed by atoms with Crippen LogP contribution in [-0.4, -0.2) is 23.4 Å². The van der Waals surface area contributed by atoms with Crippen molar-refractivity contribution in [2.45, 2.75) is 26.2 Å². The molecule has 108 valence electrons. The molecule has 1 aromatic rings. The van der Waals surface area contributed by atoms with Gasteiger partial charge in [-0.1, -0.05) is 13.0 Å². The number of hydrogen-bond donors (Lipinski definition) is 1. The minimum Gasteiger partial charge on any atom is -0.466 e. The van der Waals surface area contributed by atoms with E-state index in [1.807, 2.05) is 6.92 Å². The predicted molar refractivity (Wildman–Crippen MR) is 72.2 cm³/mol. The highest BCUT2D eigenvalue weighted by Gasteiger charge is 2.10. The monoisotopic (exact) mass is 280 g/mol. The van der Waals surface area contributed by atoms with E-state index in [4.69, 9.17) is 4.74 Å². The van der Waals surface area contributed by atoms with E-state index in [2.05, 4.69) is 5.32 Å². The third-order valence-corrected chi connectivity index (χ3v) is 2.36. The van der Waals surface area contributed by atoms with Crippen LogP contribution < -0.4 is 5.32 Å². The van der Waals surface area contributed by atoms with Crippen molar-refractivity contribution in [2.75, 3.05) is 11.9 Å². The molecule has 0 saturated heterocycles. The van der Waals surface area contributed by atoms with E-state index in [1.54, 1.807) is 6.07 Å². The standard InChI is InChI=1S/C13H16N2O5/c1-2-8-20-13(17)7-6-12(16)14-10-4-3-5-11(9-10)15(18)19/h3-5,9H,2,6-8H2,1H3,(H,14,16). The second-order valence-electron chi connectivity index (χ2n) is 4.08. The summed E-state index contributed by atoms with van der Waals surface area (Å²) in [7, 11) is 0. The largest absolute Gasteiger partial charge is 0.466 e. The van der Waals surface area contributed by atoms with Crippen LogP contribution in [0.3, 0.4) is 0 Å². The fourth-order valence-corrected chi connectivity index (χ4v) is 1.42. The third-order valence-electron chi connectivity index (χ3n) is 2.36. The summed E-state index contributed by atoms with van der Waals surface area (Å²) in [4.78, 5) is 32.8. The van der Waals surface area contributed by atoms with E-state index in [-0.39, 0.29) is 24.4 Å². The molecule has 1 rings (SSSR count). The Morgan fingerprint density at radius 2 is 2.10 bits per heavy atom. The quantitative estimate of drug-likeness (QED) is 0.469. The molecule has 0 aliphatic carbocycles. The van der Waals surface area contributed by atoms with E-state index in [0.717, 1.165) is 6.42 Å². The van der Waals surface area contributed by atoms with Crippen LogP contribution in [-0.2, 0) is 14.3 Å². The molecule has 0 aromatic heterocycles. The lowest BCUT2D eigenvalue weighted by atomic mass is 10.2. The molecular formula is C13H16N2O5. The molecular weight excluding hydrogens is 264 g/mol. The summed E-state index contributed by atoms with van der Waals surface area (Å²) in [5.41, 5.74) is 0.219. The molecule has 1 N–H and O–H groups in total. The Labute approximate surface area is 116 Å². The Morgan fingerprint density at radius 1 is 1.35 bits per heavy atom. The van der Waals surface area contributed by atoms with Gasteiger partial charge in [0.15, 0.2) is 0 Å². The number of benzene rings is 1. The Morgan fingerprint density at radius 3 is 2.75 bits per heavy atom. The fraction of sp³-hybridized carbons (Fsp3) is 0.385. The number of ether oxygens (including phenoxy) is 1. The first-order valence-electron chi connectivity index (χ1n) is 6.23. The Kier molecular flexibility index (Phi) is 6.15. The van der Waals surface area contributed by atoms with Crippen molar-refractivity contribution in [3.05, 3.63) is 34.4 Å². The lowest BCUT2D eigenvalue weighted by Crippen LogP contribution is -2.14. The first-order valence-corrected chi connectivity index (χ1v) is 6.23. The Hall–Kier alpha value is -2.44. The van der Waals surface area contributed by atoms with Crippen LogP contribution in [0.5, 0.6) is 0 Å². The maximum absolute atomic E-state index is 11.6. The zero-order valence-corrected chi connectivity index (χ0v) is 11.1. The van der Waals surface area contributed by atoms with Gasteiger partial charge in [0.05, 0.1) is 18.0 Å². The minimum atomic E-state index is -0.544. The molecule has 1 amide bonds. The summed E-state index contributed by atoms with van der Waals surface area (Å²) in [6, 6.07) is 5.61. The lowest BCUT2D eigenvalue weighted by Gasteiger charge is -2.05. The van der Waals surface area contributed by atoms with Crippen molar-refractivity contribution in [1.82, 2.24) is 0 Å². The van der Waals surface area contributed by atoms with Gasteiger partial charge in [0.1, 0.15) is 0 Å². The highest BCUT2D eigenvalue weighted by molar-refractivity contribution is 5.92. The summed E-state index contributed by atoms with van der Waals surface area (Å²) in [5, 5.41) is 13.1. The van der Waals surface area contributed by atoms with E-state index in [0.29, 0.717) is 12.3 Å². The van der Waals surface area contributed by atoms with Gasteiger partial charge >= 0.3 is 5.97 Å². The highest BCUT2D eigenvalue weighted by Crippen LogP contribution is 2.17. The van der Waals surface area contributed by atoms with Crippen LogP contribution >= 0.6 is 0 Å². The normalized spacial score (nSPS) is 9.85. The molecule has 0 fully saturated rings. The summed E-state index contributed by atoms with van der Waals surface area (Å²) >= 11 is 0. The average molecular weight is 280 g/mol. The number of anilines is 1. The molecule has 1 aromatic carbocycles. The molecule has 20 heavy (non-hydrogen) atoms. The first kappa shape index (κ1) is 15.6. The number of rotatable bonds is 7. The topological polar surface area (TPSA) is 98.5 Å². The van der Waals surface area contributed by atoms with E-state index >= 15 is 0 Å². The molecule has 0 unspecified atom stereocenters. The van der Waals surface area contributed by atoms with Gasteiger partial charge in [0.25, 0.3) is 5.69 Å².